The number of amides is 2. The van der Waals surface area contributed by atoms with Crippen LogP contribution in [0.1, 0.15) is 37.7 Å². The summed E-state index contributed by atoms with van der Waals surface area (Å²) in [7, 11) is 0. The van der Waals surface area contributed by atoms with Crippen LogP contribution in [-0.4, -0.2) is 11.8 Å². The Morgan fingerprint density at radius 3 is 2.04 bits per heavy atom. The molecule has 4 fully saturated rings. The van der Waals surface area contributed by atoms with E-state index in [1.807, 2.05) is 0 Å². The summed E-state index contributed by atoms with van der Waals surface area (Å²) in [5.41, 5.74) is -0.789. The molecular weight excluding hydrogens is 319 g/mol. The van der Waals surface area contributed by atoms with E-state index in [4.69, 9.17) is 0 Å². The number of carbonyl (C=O) groups excluding carboxylic acids is 2. The van der Waals surface area contributed by atoms with Gasteiger partial charge in [-0.25, -0.2) is 0 Å². The third-order valence-electron chi connectivity index (χ3n) is 5.90. The first-order chi connectivity index (χ1) is 11.4. The van der Waals surface area contributed by atoms with E-state index in [0.717, 1.165) is 49.1 Å². The van der Waals surface area contributed by atoms with Gasteiger partial charge >= 0.3 is 6.18 Å². The minimum absolute atomic E-state index is 0.0484. The van der Waals surface area contributed by atoms with Crippen molar-refractivity contribution in [2.75, 3.05) is 4.90 Å². The van der Waals surface area contributed by atoms with Crippen LogP contribution in [0.5, 0.6) is 0 Å². The van der Waals surface area contributed by atoms with E-state index in [1.165, 1.54) is 12.1 Å². The maximum atomic E-state index is 12.9. The Morgan fingerprint density at radius 1 is 0.917 bits per heavy atom. The number of carbonyl (C=O) groups is 2. The lowest BCUT2D eigenvalue weighted by Crippen LogP contribution is -2.34. The van der Waals surface area contributed by atoms with Gasteiger partial charge in [-0.3, -0.25) is 14.5 Å². The van der Waals surface area contributed by atoms with Crippen molar-refractivity contribution < 1.29 is 22.8 Å². The fourth-order valence-electron chi connectivity index (χ4n) is 4.86. The molecule has 5 rings (SSSR count). The number of rotatable bonds is 1. The topological polar surface area (TPSA) is 37.4 Å². The molecule has 2 bridgehead atoms. The van der Waals surface area contributed by atoms with Gasteiger partial charge in [0, 0.05) is 0 Å². The largest absolute Gasteiger partial charge is 0.416 e. The molecule has 0 aromatic heterocycles. The van der Waals surface area contributed by atoms with Gasteiger partial charge in [0.15, 0.2) is 0 Å². The van der Waals surface area contributed by atoms with Crippen LogP contribution in [0.4, 0.5) is 18.9 Å². The molecule has 3 saturated carbocycles. The smallest absolute Gasteiger partial charge is 0.274 e. The van der Waals surface area contributed by atoms with E-state index in [2.05, 4.69) is 0 Å². The summed E-state index contributed by atoms with van der Waals surface area (Å²) in [6.45, 7) is 0. The predicted molar refractivity (Wildman–Crippen MR) is 81.0 cm³/mol. The quantitative estimate of drug-likeness (QED) is 0.726. The van der Waals surface area contributed by atoms with Crippen molar-refractivity contribution in [3.8, 4) is 0 Å². The zero-order valence-corrected chi connectivity index (χ0v) is 13.1. The third-order valence-corrected chi connectivity index (χ3v) is 5.90. The number of benzene rings is 1. The molecule has 24 heavy (non-hydrogen) atoms. The first-order valence-electron chi connectivity index (χ1n) is 8.43. The molecule has 0 radical (unpaired) electrons. The number of nitrogens with zero attached hydrogens (tertiary/aromatic N) is 1. The lowest BCUT2D eigenvalue weighted by atomic mass is 9.69. The molecule has 1 saturated heterocycles. The molecule has 4 unspecified atom stereocenters. The van der Waals surface area contributed by atoms with Crippen LogP contribution in [0.15, 0.2) is 24.3 Å². The Bertz CT molecular complexity index is 666. The van der Waals surface area contributed by atoms with Crippen LogP contribution in [-0.2, 0) is 15.8 Å². The zero-order chi connectivity index (χ0) is 17.1. The van der Waals surface area contributed by atoms with Crippen molar-refractivity contribution in [1.29, 1.82) is 0 Å². The molecule has 2 amide bonds. The fourth-order valence-corrected chi connectivity index (χ4v) is 4.86. The highest BCUT2D eigenvalue weighted by atomic mass is 19.4. The summed E-state index contributed by atoms with van der Waals surface area (Å²) >= 11 is 0. The van der Waals surface area contributed by atoms with Crippen LogP contribution in [0.25, 0.3) is 0 Å². The fraction of sp³-hybridized carbons (Fsp3) is 0.556. The summed E-state index contributed by atoms with van der Waals surface area (Å²) in [5, 5.41) is 0. The van der Waals surface area contributed by atoms with E-state index in [-0.39, 0.29) is 41.2 Å². The lowest BCUT2D eigenvalue weighted by molar-refractivity contribution is -0.137. The second-order valence-electron chi connectivity index (χ2n) is 7.14. The minimum atomic E-state index is -4.49. The molecule has 4 aliphatic rings. The molecule has 1 aliphatic heterocycles. The Labute approximate surface area is 137 Å². The number of alkyl halides is 3. The Balaban J connectivity index is 1.73. The Morgan fingerprint density at radius 2 is 1.50 bits per heavy atom. The van der Waals surface area contributed by atoms with Gasteiger partial charge in [-0.05, 0) is 55.7 Å². The first-order valence-corrected chi connectivity index (χ1v) is 8.43. The van der Waals surface area contributed by atoms with Crippen molar-refractivity contribution in [2.24, 2.45) is 23.7 Å². The zero-order valence-electron chi connectivity index (χ0n) is 13.1. The molecule has 4 atom stereocenters. The van der Waals surface area contributed by atoms with Crippen LogP contribution in [0.3, 0.4) is 0 Å². The third kappa shape index (κ3) is 2.26. The summed E-state index contributed by atoms with van der Waals surface area (Å²) in [4.78, 5) is 26.8. The highest BCUT2D eigenvalue weighted by Crippen LogP contribution is 2.51. The van der Waals surface area contributed by atoms with Crippen molar-refractivity contribution in [1.82, 2.24) is 0 Å². The van der Waals surface area contributed by atoms with E-state index >= 15 is 0 Å². The maximum absolute atomic E-state index is 12.9. The van der Waals surface area contributed by atoms with Gasteiger partial charge in [0.2, 0.25) is 11.8 Å². The number of halogens is 3. The standard InChI is InChI=1S/C18H18F3NO2/c19-18(20,21)12-5-2-6-13(9-12)22-16(23)14-10-3-1-4-11(8-7-10)15(14)17(22)24/h2,5-6,9-11,14-15H,1,3-4,7-8H2. The molecule has 3 nitrogen and oxygen atoms in total. The molecule has 3 aliphatic carbocycles. The molecule has 0 spiro atoms. The van der Waals surface area contributed by atoms with Crippen LogP contribution in [0.2, 0.25) is 0 Å². The van der Waals surface area contributed by atoms with Crippen molar-refractivity contribution >= 4 is 17.5 Å². The maximum Gasteiger partial charge on any atom is 0.416 e. The molecule has 0 N–H and O–H groups in total. The Kier molecular flexibility index (Phi) is 3.48. The number of imide groups is 1. The molecule has 1 aromatic rings. The van der Waals surface area contributed by atoms with Gasteiger partial charge in [0.1, 0.15) is 0 Å². The second-order valence-corrected chi connectivity index (χ2v) is 7.14. The van der Waals surface area contributed by atoms with Crippen molar-refractivity contribution in [3.05, 3.63) is 29.8 Å². The van der Waals surface area contributed by atoms with E-state index in [9.17, 15) is 22.8 Å². The molecule has 128 valence electrons. The molecule has 1 heterocycles. The molecule has 1 aromatic carbocycles. The summed E-state index contributed by atoms with van der Waals surface area (Å²) < 4.78 is 38.8. The van der Waals surface area contributed by atoms with Gasteiger partial charge in [0.05, 0.1) is 23.1 Å². The minimum Gasteiger partial charge on any atom is -0.274 e. The highest BCUT2D eigenvalue weighted by molar-refractivity contribution is 6.22. The summed E-state index contributed by atoms with van der Waals surface area (Å²) in [6.07, 6.45) is 0.306. The van der Waals surface area contributed by atoms with Gasteiger partial charge in [0.25, 0.3) is 0 Å². The number of hydrogen-bond acceptors (Lipinski definition) is 2. The number of fused-ring (bicyclic) bond motifs is 3. The monoisotopic (exact) mass is 337 g/mol. The van der Waals surface area contributed by atoms with Crippen LogP contribution in [0, 0.1) is 23.7 Å². The van der Waals surface area contributed by atoms with Crippen LogP contribution < -0.4 is 4.90 Å². The normalized spacial score (nSPS) is 32.9. The predicted octanol–water partition coefficient (Wildman–Crippen LogP) is 4.02. The van der Waals surface area contributed by atoms with E-state index < -0.39 is 11.7 Å². The van der Waals surface area contributed by atoms with Gasteiger partial charge in [-0.15, -0.1) is 0 Å². The van der Waals surface area contributed by atoms with Crippen LogP contribution >= 0.6 is 0 Å². The number of hydrogen-bond donors (Lipinski definition) is 0. The lowest BCUT2D eigenvalue weighted by Gasteiger charge is -2.32. The summed E-state index contributed by atoms with van der Waals surface area (Å²) in [5.74, 6) is -0.898. The number of anilines is 1. The van der Waals surface area contributed by atoms with Crippen molar-refractivity contribution in [2.45, 2.75) is 38.3 Å². The average molecular weight is 337 g/mol. The average Bonchev–Trinajstić information content (AvgIpc) is 2.74. The highest BCUT2D eigenvalue weighted by Gasteiger charge is 2.57. The SMILES string of the molecule is O=C1C2C3CCCC(CC3)C2C(=O)N1c1cccc(C(F)(F)F)c1. The second kappa shape index (κ2) is 5.33. The summed E-state index contributed by atoms with van der Waals surface area (Å²) in [6, 6.07) is 4.53. The first kappa shape index (κ1) is 15.7. The molecule has 6 heteroatoms. The Hall–Kier alpha value is -1.85. The van der Waals surface area contributed by atoms with E-state index in [0.29, 0.717) is 0 Å². The van der Waals surface area contributed by atoms with Gasteiger partial charge in [-0.2, -0.15) is 13.2 Å². The van der Waals surface area contributed by atoms with Gasteiger partial charge < -0.3 is 0 Å². The van der Waals surface area contributed by atoms with Crippen molar-refractivity contribution in [3.63, 3.8) is 0 Å². The van der Waals surface area contributed by atoms with E-state index in [1.54, 1.807) is 0 Å². The molecular formula is C18H18F3NO2. The van der Waals surface area contributed by atoms with Gasteiger partial charge in [-0.1, -0.05) is 12.5 Å².